The highest BCUT2D eigenvalue weighted by atomic mass is 16.3. The number of anilines is 3. The van der Waals surface area contributed by atoms with Crippen molar-refractivity contribution in [2.45, 2.75) is 0 Å². The number of piperazine rings is 1. The van der Waals surface area contributed by atoms with E-state index in [9.17, 15) is 0 Å². The number of hydrogen-bond acceptors (Lipinski definition) is 6. The van der Waals surface area contributed by atoms with Crippen LogP contribution in [0.25, 0.3) is 22.0 Å². The van der Waals surface area contributed by atoms with Gasteiger partial charge in [-0.1, -0.05) is 48.5 Å². The van der Waals surface area contributed by atoms with Gasteiger partial charge in [0, 0.05) is 61.2 Å². The van der Waals surface area contributed by atoms with Gasteiger partial charge in [-0.15, -0.1) is 0 Å². The van der Waals surface area contributed by atoms with Crippen LogP contribution in [0, 0.1) is 0 Å². The van der Waals surface area contributed by atoms with Crippen molar-refractivity contribution in [2.75, 3.05) is 49.5 Å². The van der Waals surface area contributed by atoms with Crippen LogP contribution in [-0.2, 0) is 0 Å². The zero-order valence-electron chi connectivity index (χ0n) is 18.0. The largest absolute Gasteiger partial charge is 0.395 e. The third-order valence-electron chi connectivity index (χ3n) is 5.97. The molecule has 5 rings (SSSR count). The molecule has 0 atom stereocenters. The summed E-state index contributed by atoms with van der Waals surface area (Å²) >= 11 is 0. The maximum atomic E-state index is 9.11. The van der Waals surface area contributed by atoms with E-state index in [1.165, 1.54) is 5.69 Å². The molecule has 1 saturated heterocycles. The molecule has 0 spiro atoms. The van der Waals surface area contributed by atoms with Gasteiger partial charge in [0.15, 0.2) is 0 Å². The van der Waals surface area contributed by atoms with E-state index in [-0.39, 0.29) is 6.61 Å². The summed E-state index contributed by atoms with van der Waals surface area (Å²) in [6.45, 7) is 4.90. The number of nitrogens with one attached hydrogen (secondary N) is 1. The summed E-state index contributed by atoms with van der Waals surface area (Å²) in [6, 6.07) is 24.9. The molecule has 0 aliphatic carbocycles. The Labute approximate surface area is 188 Å². The van der Waals surface area contributed by atoms with Gasteiger partial charge in [-0.25, -0.2) is 9.97 Å². The molecule has 0 radical (unpaired) electrons. The van der Waals surface area contributed by atoms with Crippen LogP contribution in [0.4, 0.5) is 17.3 Å². The minimum absolute atomic E-state index is 0.226. The quantitative estimate of drug-likeness (QED) is 0.484. The number of fused-ring (bicyclic) bond motifs is 1. The Morgan fingerprint density at radius 2 is 1.62 bits per heavy atom. The Morgan fingerprint density at radius 1 is 0.844 bits per heavy atom. The number of rotatable bonds is 6. The van der Waals surface area contributed by atoms with Gasteiger partial charge in [-0.05, 0) is 29.8 Å². The van der Waals surface area contributed by atoms with Crippen LogP contribution < -0.4 is 10.2 Å². The Morgan fingerprint density at radius 3 is 2.38 bits per heavy atom. The summed E-state index contributed by atoms with van der Waals surface area (Å²) in [6.07, 6.45) is 1.87. The summed E-state index contributed by atoms with van der Waals surface area (Å²) in [5.74, 6) is 0.589. The highest BCUT2D eigenvalue weighted by Crippen LogP contribution is 2.28. The van der Waals surface area contributed by atoms with Crippen molar-refractivity contribution < 1.29 is 5.11 Å². The Bertz CT molecular complexity index is 1170. The summed E-state index contributed by atoms with van der Waals surface area (Å²) < 4.78 is 0. The number of nitrogens with zero attached hydrogens (tertiary/aromatic N) is 4. The van der Waals surface area contributed by atoms with Crippen LogP contribution in [-0.4, -0.2) is 59.3 Å². The van der Waals surface area contributed by atoms with Crippen molar-refractivity contribution in [3.8, 4) is 11.1 Å². The van der Waals surface area contributed by atoms with Gasteiger partial charge in [-0.3, -0.25) is 4.90 Å². The van der Waals surface area contributed by atoms with E-state index in [4.69, 9.17) is 10.1 Å². The molecule has 2 N–H and O–H groups in total. The molecule has 0 saturated carbocycles. The number of para-hydroxylation sites is 1. The molecule has 4 aromatic rings. The van der Waals surface area contributed by atoms with Crippen LogP contribution in [0.5, 0.6) is 0 Å². The van der Waals surface area contributed by atoms with Crippen molar-refractivity contribution in [2.24, 2.45) is 0 Å². The molecule has 1 aliphatic rings. The first-order chi connectivity index (χ1) is 15.8. The fraction of sp³-hybridized carbons (Fsp3) is 0.231. The molecule has 32 heavy (non-hydrogen) atoms. The molecule has 162 valence electrons. The number of hydrogen-bond donors (Lipinski definition) is 2. The second kappa shape index (κ2) is 9.34. The normalized spacial score (nSPS) is 14.6. The van der Waals surface area contributed by atoms with Gasteiger partial charge in [0.05, 0.1) is 12.1 Å². The van der Waals surface area contributed by atoms with Crippen molar-refractivity contribution in [1.29, 1.82) is 0 Å². The number of aliphatic hydroxyl groups excluding tert-OH is 1. The highest BCUT2D eigenvalue weighted by molar-refractivity contribution is 5.93. The molecule has 1 fully saturated rings. The molecule has 3 aromatic carbocycles. The van der Waals surface area contributed by atoms with E-state index in [1.807, 2.05) is 36.5 Å². The van der Waals surface area contributed by atoms with E-state index >= 15 is 0 Å². The molecule has 6 nitrogen and oxygen atoms in total. The summed E-state index contributed by atoms with van der Waals surface area (Å²) in [4.78, 5) is 14.0. The minimum atomic E-state index is 0.226. The maximum absolute atomic E-state index is 9.11. The molecular weight excluding hydrogens is 398 g/mol. The van der Waals surface area contributed by atoms with E-state index in [2.05, 4.69) is 62.6 Å². The number of benzene rings is 3. The monoisotopic (exact) mass is 425 g/mol. The Kier molecular flexibility index (Phi) is 5.96. The van der Waals surface area contributed by atoms with Crippen molar-refractivity contribution >= 4 is 28.2 Å². The lowest BCUT2D eigenvalue weighted by molar-refractivity contribution is 0.189. The van der Waals surface area contributed by atoms with Gasteiger partial charge >= 0.3 is 0 Å². The fourth-order valence-electron chi connectivity index (χ4n) is 4.22. The van der Waals surface area contributed by atoms with Crippen LogP contribution in [0.1, 0.15) is 0 Å². The second-order valence-corrected chi connectivity index (χ2v) is 8.03. The standard InChI is InChI=1S/C26H27N5O/c32-18-17-30-13-15-31(16-14-30)23-11-9-22(10-12-23)28-26-27-19-21-7-4-8-24(25(21)29-26)20-5-2-1-3-6-20/h1-12,19,32H,13-18H2,(H,27,28,29). The van der Waals surface area contributed by atoms with E-state index in [0.717, 1.165) is 60.4 Å². The van der Waals surface area contributed by atoms with Crippen molar-refractivity contribution in [3.05, 3.63) is 79.0 Å². The third kappa shape index (κ3) is 4.42. The van der Waals surface area contributed by atoms with Crippen molar-refractivity contribution in [3.63, 3.8) is 0 Å². The van der Waals surface area contributed by atoms with E-state index < -0.39 is 0 Å². The van der Waals surface area contributed by atoms with Crippen LogP contribution in [0.2, 0.25) is 0 Å². The third-order valence-corrected chi connectivity index (χ3v) is 5.97. The highest BCUT2D eigenvalue weighted by Gasteiger charge is 2.16. The average Bonchev–Trinajstić information content (AvgIpc) is 2.85. The Hall–Kier alpha value is -3.48. The SMILES string of the molecule is OCCN1CCN(c2ccc(Nc3ncc4cccc(-c5ccccc5)c4n3)cc2)CC1. The molecule has 0 bridgehead atoms. The molecule has 0 amide bonds. The lowest BCUT2D eigenvalue weighted by atomic mass is 10.0. The molecule has 1 aliphatic heterocycles. The first-order valence-electron chi connectivity index (χ1n) is 11.1. The minimum Gasteiger partial charge on any atom is -0.395 e. The smallest absolute Gasteiger partial charge is 0.227 e. The predicted molar refractivity (Wildman–Crippen MR) is 130 cm³/mol. The van der Waals surface area contributed by atoms with Gasteiger partial charge < -0.3 is 15.3 Å². The van der Waals surface area contributed by atoms with Gasteiger partial charge in [-0.2, -0.15) is 0 Å². The maximum Gasteiger partial charge on any atom is 0.227 e. The Balaban J connectivity index is 1.33. The van der Waals surface area contributed by atoms with Gasteiger partial charge in [0.1, 0.15) is 0 Å². The zero-order chi connectivity index (χ0) is 21.8. The summed E-state index contributed by atoms with van der Waals surface area (Å²) in [5.41, 5.74) is 5.36. The lowest BCUT2D eigenvalue weighted by Gasteiger charge is -2.35. The molecule has 1 aromatic heterocycles. The number of aromatic nitrogens is 2. The van der Waals surface area contributed by atoms with E-state index in [1.54, 1.807) is 0 Å². The van der Waals surface area contributed by atoms with E-state index in [0.29, 0.717) is 5.95 Å². The topological polar surface area (TPSA) is 64.5 Å². The van der Waals surface area contributed by atoms with Gasteiger partial charge in [0.2, 0.25) is 5.95 Å². The van der Waals surface area contributed by atoms with Crippen LogP contribution >= 0.6 is 0 Å². The summed E-state index contributed by atoms with van der Waals surface area (Å²) in [7, 11) is 0. The predicted octanol–water partition coefficient (Wildman–Crippen LogP) is 4.15. The number of β-amino-alcohol motifs (C(OH)–C–C–N with tert-alkyl or cyclic N) is 1. The molecular formula is C26H27N5O. The van der Waals surface area contributed by atoms with Gasteiger partial charge in [0.25, 0.3) is 0 Å². The first kappa shape index (κ1) is 20.4. The number of aliphatic hydroxyl groups is 1. The zero-order valence-corrected chi connectivity index (χ0v) is 18.0. The fourth-order valence-corrected chi connectivity index (χ4v) is 4.22. The molecule has 0 unspecified atom stereocenters. The molecule has 2 heterocycles. The second-order valence-electron chi connectivity index (χ2n) is 8.03. The average molecular weight is 426 g/mol. The molecule has 6 heteroatoms. The van der Waals surface area contributed by atoms with Crippen LogP contribution in [0.3, 0.4) is 0 Å². The van der Waals surface area contributed by atoms with Crippen LogP contribution in [0.15, 0.2) is 79.0 Å². The lowest BCUT2D eigenvalue weighted by Crippen LogP contribution is -2.47. The first-order valence-corrected chi connectivity index (χ1v) is 11.1. The van der Waals surface area contributed by atoms with Crippen molar-refractivity contribution in [1.82, 2.24) is 14.9 Å². The summed E-state index contributed by atoms with van der Waals surface area (Å²) in [5, 5.41) is 13.5.